The molecule has 120 valence electrons. The molecule has 0 radical (unpaired) electrons. The normalized spacial score (nSPS) is 31.6. The molecule has 1 saturated carbocycles. The Bertz CT molecular complexity index is 878. The maximum atomic E-state index is 12.7. The summed E-state index contributed by atoms with van der Waals surface area (Å²) in [5, 5.41) is 6.39. The molecule has 2 bridgehead atoms. The van der Waals surface area contributed by atoms with Gasteiger partial charge in [-0.2, -0.15) is 10.1 Å². The number of fused-ring (bicyclic) bond motifs is 2. The lowest BCUT2D eigenvalue weighted by molar-refractivity contribution is -0.140. The maximum Gasteiger partial charge on any atom is 0.254 e. The van der Waals surface area contributed by atoms with Crippen molar-refractivity contribution in [1.29, 1.82) is 0 Å². The number of hydrogen-bond donors (Lipinski definition) is 1. The van der Waals surface area contributed by atoms with Crippen LogP contribution in [-0.2, 0) is 9.59 Å². The highest BCUT2D eigenvalue weighted by atomic mass is 16.2. The topological polar surface area (TPSA) is 65.5 Å². The van der Waals surface area contributed by atoms with E-state index in [4.69, 9.17) is 0 Å². The molecule has 4 aliphatic rings. The van der Waals surface area contributed by atoms with Gasteiger partial charge in [-0.3, -0.25) is 9.59 Å². The molecule has 1 aromatic heterocycles. The minimum Gasteiger partial charge on any atom is -0.361 e. The number of carbonyl (C=O) groups excluding carboxylic acids is 2. The van der Waals surface area contributed by atoms with E-state index in [1.807, 2.05) is 30.5 Å². The van der Waals surface area contributed by atoms with E-state index in [1.165, 1.54) is 0 Å². The molecule has 3 aliphatic carbocycles. The summed E-state index contributed by atoms with van der Waals surface area (Å²) in [5.74, 6) is -0.294. The van der Waals surface area contributed by atoms with Crippen molar-refractivity contribution in [2.75, 3.05) is 0 Å². The fourth-order valence-corrected chi connectivity index (χ4v) is 4.49. The predicted molar refractivity (Wildman–Crippen MR) is 90.1 cm³/mol. The van der Waals surface area contributed by atoms with Crippen molar-refractivity contribution < 1.29 is 9.59 Å². The molecule has 2 aromatic rings. The van der Waals surface area contributed by atoms with Gasteiger partial charge in [0.1, 0.15) is 0 Å². The van der Waals surface area contributed by atoms with Gasteiger partial charge < -0.3 is 4.98 Å². The maximum absolute atomic E-state index is 12.7. The monoisotopic (exact) mass is 319 g/mol. The summed E-state index contributed by atoms with van der Waals surface area (Å²) in [5.41, 5.74) is 1.89. The Hall–Kier alpha value is -2.69. The number of amides is 2. The van der Waals surface area contributed by atoms with Crippen molar-refractivity contribution in [3.8, 4) is 0 Å². The fourth-order valence-electron chi connectivity index (χ4n) is 4.49. The first-order valence-electron chi connectivity index (χ1n) is 8.40. The van der Waals surface area contributed by atoms with E-state index >= 15 is 0 Å². The van der Waals surface area contributed by atoms with Gasteiger partial charge in [-0.05, 0) is 30.7 Å². The Morgan fingerprint density at radius 1 is 1.04 bits per heavy atom. The number of hydrogen-bond acceptors (Lipinski definition) is 3. The summed E-state index contributed by atoms with van der Waals surface area (Å²) < 4.78 is 0. The van der Waals surface area contributed by atoms with Crippen molar-refractivity contribution >= 4 is 28.9 Å². The van der Waals surface area contributed by atoms with Crippen LogP contribution < -0.4 is 0 Å². The third kappa shape index (κ3) is 1.78. The van der Waals surface area contributed by atoms with Gasteiger partial charge in [0.25, 0.3) is 11.8 Å². The summed E-state index contributed by atoms with van der Waals surface area (Å²) in [6, 6.07) is 7.89. The number of hydrazone groups is 1. The standard InChI is InChI=1S/C19H17N3O2/c23-18-16-11-5-6-12(8-7-11)17(16)19(24)22(18)21-10-13-9-20-15-4-2-1-3-14(13)15/h1-6,9-12,16-17,20H,7-8H2/b21-10-/t11-,12+,16-,17+. The molecule has 2 amide bonds. The van der Waals surface area contributed by atoms with Crippen LogP contribution >= 0.6 is 0 Å². The van der Waals surface area contributed by atoms with E-state index in [-0.39, 0.29) is 35.5 Å². The molecule has 2 heterocycles. The van der Waals surface area contributed by atoms with Crippen molar-refractivity contribution in [1.82, 2.24) is 9.99 Å². The highest BCUT2D eigenvalue weighted by Gasteiger charge is 2.56. The second-order valence-electron chi connectivity index (χ2n) is 6.86. The Morgan fingerprint density at radius 3 is 2.38 bits per heavy atom. The number of para-hydroxylation sites is 1. The van der Waals surface area contributed by atoms with E-state index in [0.29, 0.717) is 0 Å². The fraction of sp³-hybridized carbons (Fsp3) is 0.316. The largest absolute Gasteiger partial charge is 0.361 e. The van der Waals surface area contributed by atoms with Gasteiger partial charge in [0.2, 0.25) is 0 Å². The van der Waals surface area contributed by atoms with Gasteiger partial charge in [-0.25, -0.2) is 0 Å². The molecule has 1 N–H and O–H groups in total. The molecule has 0 unspecified atom stereocenters. The Kier molecular flexibility index (Phi) is 2.80. The summed E-state index contributed by atoms with van der Waals surface area (Å²) in [6.07, 6.45) is 9.70. The summed E-state index contributed by atoms with van der Waals surface area (Å²) in [6.45, 7) is 0. The number of allylic oxidation sites excluding steroid dienone is 2. The number of carbonyl (C=O) groups is 2. The van der Waals surface area contributed by atoms with Gasteiger partial charge in [0.15, 0.2) is 0 Å². The third-order valence-electron chi connectivity index (χ3n) is 5.67. The number of aromatic nitrogens is 1. The number of nitrogens with one attached hydrogen (secondary N) is 1. The number of imide groups is 1. The lowest BCUT2D eigenvalue weighted by Gasteiger charge is -2.37. The van der Waals surface area contributed by atoms with E-state index in [2.05, 4.69) is 22.2 Å². The molecule has 1 saturated heterocycles. The zero-order valence-corrected chi connectivity index (χ0v) is 13.1. The van der Waals surface area contributed by atoms with Crippen LogP contribution in [0.25, 0.3) is 10.9 Å². The first kappa shape index (κ1) is 13.7. The average molecular weight is 319 g/mol. The van der Waals surface area contributed by atoms with Gasteiger partial charge in [0.05, 0.1) is 18.1 Å². The lowest BCUT2D eigenvalue weighted by Crippen LogP contribution is -2.38. The SMILES string of the molecule is O=C1[C@@H]2[C@H](C(=O)N1/N=C\c1c[nH]c3ccccc13)[C@@H]1C=C[C@H]2CC1. The van der Waals surface area contributed by atoms with Crippen molar-refractivity contribution in [2.45, 2.75) is 12.8 Å². The number of rotatable bonds is 2. The highest BCUT2D eigenvalue weighted by Crippen LogP contribution is 2.49. The Balaban J connectivity index is 1.48. The smallest absolute Gasteiger partial charge is 0.254 e. The number of benzene rings is 1. The van der Waals surface area contributed by atoms with E-state index in [1.54, 1.807) is 6.21 Å². The van der Waals surface area contributed by atoms with Crippen LogP contribution in [0.1, 0.15) is 18.4 Å². The summed E-state index contributed by atoms with van der Waals surface area (Å²) >= 11 is 0. The van der Waals surface area contributed by atoms with E-state index in [9.17, 15) is 9.59 Å². The van der Waals surface area contributed by atoms with Crippen LogP contribution in [0.15, 0.2) is 47.7 Å². The van der Waals surface area contributed by atoms with E-state index < -0.39 is 0 Å². The number of nitrogens with zero attached hydrogens (tertiary/aromatic N) is 2. The minimum absolute atomic E-state index is 0.139. The molecule has 6 rings (SSSR count). The molecular weight excluding hydrogens is 302 g/mol. The van der Waals surface area contributed by atoms with Crippen LogP contribution in [0.2, 0.25) is 0 Å². The quantitative estimate of drug-likeness (QED) is 0.525. The van der Waals surface area contributed by atoms with Crippen LogP contribution in [0, 0.1) is 23.7 Å². The average Bonchev–Trinajstić information content (AvgIpc) is 3.15. The molecule has 2 fully saturated rings. The second kappa shape index (κ2) is 4.90. The molecule has 4 atom stereocenters. The highest BCUT2D eigenvalue weighted by molar-refractivity contribution is 6.07. The van der Waals surface area contributed by atoms with Crippen LogP contribution in [0.3, 0.4) is 0 Å². The molecule has 1 aliphatic heterocycles. The zero-order valence-electron chi connectivity index (χ0n) is 13.1. The summed E-state index contributed by atoms with van der Waals surface area (Å²) in [4.78, 5) is 28.6. The number of H-pyrrole nitrogens is 1. The minimum atomic E-state index is -0.207. The van der Waals surface area contributed by atoms with Crippen LogP contribution in [0.5, 0.6) is 0 Å². The molecule has 5 nitrogen and oxygen atoms in total. The van der Waals surface area contributed by atoms with Crippen molar-refractivity contribution in [3.63, 3.8) is 0 Å². The summed E-state index contributed by atoms with van der Waals surface area (Å²) in [7, 11) is 0. The van der Waals surface area contributed by atoms with Gasteiger partial charge in [-0.15, -0.1) is 0 Å². The van der Waals surface area contributed by atoms with Crippen molar-refractivity contribution in [3.05, 3.63) is 48.2 Å². The van der Waals surface area contributed by atoms with Gasteiger partial charge >= 0.3 is 0 Å². The van der Waals surface area contributed by atoms with E-state index in [0.717, 1.165) is 34.3 Å². The molecule has 5 heteroatoms. The second-order valence-corrected chi connectivity index (χ2v) is 6.86. The Morgan fingerprint density at radius 2 is 1.71 bits per heavy atom. The Labute approximate surface area is 139 Å². The molecule has 1 aromatic carbocycles. The molecule has 24 heavy (non-hydrogen) atoms. The van der Waals surface area contributed by atoms with Gasteiger partial charge in [-0.1, -0.05) is 30.4 Å². The molecular formula is C19H17N3O2. The number of aromatic amines is 1. The first-order valence-corrected chi connectivity index (χ1v) is 8.40. The first-order chi connectivity index (χ1) is 11.7. The van der Waals surface area contributed by atoms with Crippen LogP contribution in [0.4, 0.5) is 0 Å². The van der Waals surface area contributed by atoms with Crippen LogP contribution in [-0.4, -0.2) is 28.0 Å². The lowest BCUT2D eigenvalue weighted by atomic mass is 9.63. The third-order valence-corrected chi connectivity index (χ3v) is 5.67. The molecule has 0 spiro atoms. The zero-order chi connectivity index (χ0) is 16.3. The predicted octanol–water partition coefficient (Wildman–Crippen LogP) is 2.70. The van der Waals surface area contributed by atoms with Crippen molar-refractivity contribution in [2.24, 2.45) is 28.8 Å². The van der Waals surface area contributed by atoms with Gasteiger partial charge in [0, 0.05) is 22.7 Å².